The van der Waals surface area contributed by atoms with Crippen molar-refractivity contribution in [2.45, 2.75) is 33.1 Å². The summed E-state index contributed by atoms with van der Waals surface area (Å²) in [6.07, 6.45) is 0. The Bertz CT molecular complexity index is 885. The molecule has 2 N–H and O–H groups in total. The number of rotatable bonds is 7. The fraction of sp³-hybridized carbons (Fsp3) is 0.350. The summed E-state index contributed by atoms with van der Waals surface area (Å²) in [6, 6.07) is 14.1. The molecule has 0 saturated carbocycles. The van der Waals surface area contributed by atoms with Crippen molar-refractivity contribution in [3.63, 3.8) is 0 Å². The molecule has 1 amide bonds. The van der Waals surface area contributed by atoms with Gasteiger partial charge in [0.2, 0.25) is 10.0 Å². The highest BCUT2D eigenvalue weighted by Crippen LogP contribution is 2.30. The first kappa shape index (κ1) is 20.8. The maximum atomic E-state index is 12.2. The van der Waals surface area contributed by atoms with E-state index in [1.807, 2.05) is 24.3 Å². The summed E-state index contributed by atoms with van der Waals surface area (Å²) >= 11 is 0. The number of carbonyl (C=O) groups is 1. The van der Waals surface area contributed by atoms with Crippen LogP contribution >= 0.6 is 0 Å². The van der Waals surface area contributed by atoms with Crippen LogP contribution in [0.1, 0.15) is 33.3 Å². The van der Waals surface area contributed by atoms with Crippen molar-refractivity contribution in [2.75, 3.05) is 22.4 Å². The molecule has 0 heterocycles. The Labute approximate surface area is 161 Å². The van der Waals surface area contributed by atoms with E-state index in [4.69, 9.17) is 4.74 Å². The number of carbonyl (C=O) groups excluding carboxylic acids is 1. The highest BCUT2D eigenvalue weighted by atomic mass is 32.2. The highest BCUT2D eigenvalue weighted by molar-refractivity contribution is 7.92. The van der Waals surface area contributed by atoms with Gasteiger partial charge in [-0.25, -0.2) is 8.42 Å². The van der Waals surface area contributed by atoms with Gasteiger partial charge in [-0.1, -0.05) is 39.0 Å². The van der Waals surface area contributed by atoms with Crippen LogP contribution in [0, 0.1) is 0 Å². The summed E-state index contributed by atoms with van der Waals surface area (Å²) in [6.45, 7) is 7.71. The molecule has 2 rings (SSSR count). The average molecular weight is 391 g/mol. The molecule has 0 radical (unpaired) electrons. The topological polar surface area (TPSA) is 84.5 Å². The largest absolute Gasteiger partial charge is 0.483 e. The third-order valence-electron chi connectivity index (χ3n) is 3.88. The lowest BCUT2D eigenvalue weighted by Crippen LogP contribution is -2.22. The molecule has 0 spiro atoms. The molecule has 0 aromatic heterocycles. The van der Waals surface area contributed by atoms with Gasteiger partial charge in [-0.15, -0.1) is 0 Å². The number of amides is 1. The van der Waals surface area contributed by atoms with Crippen molar-refractivity contribution in [1.82, 2.24) is 0 Å². The minimum absolute atomic E-state index is 0.00112. The molecule has 6 nitrogen and oxygen atoms in total. The number of hydrogen-bond acceptors (Lipinski definition) is 4. The summed E-state index contributed by atoms with van der Waals surface area (Å²) in [5.74, 6) is 0.392. The number of ether oxygens (including phenoxy) is 1. The number of nitrogens with one attached hydrogen (secondary N) is 2. The Balaban J connectivity index is 1.95. The fourth-order valence-corrected chi connectivity index (χ4v) is 3.07. The van der Waals surface area contributed by atoms with Crippen LogP contribution < -0.4 is 14.8 Å². The number of benzene rings is 2. The van der Waals surface area contributed by atoms with Crippen LogP contribution in [0.25, 0.3) is 0 Å². The molecule has 0 saturated heterocycles. The van der Waals surface area contributed by atoms with E-state index in [0.717, 1.165) is 5.56 Å². The Morgan fingerprint density at radius 2 is 1.59 bits per heavy atom. The van der Waals surface area contributed by atoms with E-state index >= 15 is 0 Å². The van der Waals surface area contributed by atoms with Crippen molar-refractivity contribution >= 4 is 27.3 Å². The minimum Gasteiger partial charge on any atom is -0.483 e. The predicted molar refractivity (Wildman–Crippen MR) is 109 cm³/mol. The van der Waals surface area contributed by atoms with E-state index in [0.29, 0.717) is 17.1 Å². The third kappa shape index (κ3) is 6.29. The first-order chi connectivity index (χ1) is 12.6. The lowest BCUT2D eigenvalue weighted by molar-refractivity contribution is -0.118. The molecule has 27 heavy (non-hydrogen) atoms. The Morgan fingerprint density at radius 3 is 2.19 bits per heavy atom. The molecule has 0 atom stereocenters. The van der Waals surface area contributed by atoms with Gasteiger partial charge in [0.05, 0.1) is 5.75 Å². The van der Waals surface area contributed by atoms with Crippen LogP contribution in [0.2, 0.25) is 0 Å². The third-order valence-corrected chi connectivity index (χ3v) is 5.18. The monoisotopic (exact) mass is 390 g/mol. The number of para-hydroxylation sites is 1. The lowest BCUT2D eigenvalue weighted by Gasteiger charge is -2.22. The highest BCUT2D eigenvalue weighted by Gasteiger charge is 2.19. The standard InChI is InChI=1S/C20H26N2O4S/c1-5-27(24,25)22-16-12-10-15(11-13-16)21-19(23)14-26-18-9-7-6-8-17(18)20(2,3)4/h6-13,22H,5,14H2,1-4H3,(H,21,23). The molecule has 0 fully saturated rings. The van der Waals surface area contributed by atoms with Crippen LogP contribution in [0.5, 0.6) is 5.75 Å². The average Bonchev–Trinajstić information content (AvgIpc) is 2.61. The van der Waals surface area contributed by atoms with E-state index in [2.05, 4.69) is 30.8 Å². The zero-order valence-corrected chi connectivity index (χ0v) is 16.9. The zero-order valence-electron chi connectivity index (χ0n) is 16.1. The van der Waals surface area contributed by atoms with Crippen molar-refractivity contribution in [3.05, 3.63) is 54.1 Å². The van der Waals surface area contributed by atoms with E-state index in [1.54, 1.807) is 31.2 Å². The van der Waals surface area contributed by atoms with Crippen molar-refractivity contribution < 1.29 is 17.9 Å². The summed E-state index contributed by atoms with van der Waals surface area (Å²) in [5.41, 5.74) is 1.96. The molecule has 0 unspecified atom stereocenters. The molecule has 2 aromatic carbocycles. The van der Waals surface area contributed by atoms with Gasteiger partial charge < -0.3 is 10.1 Å². The molecular formula is C20H26N2O4S. The van der Waals surface area contributed by atoms with Crippen LogP contribution in [0.3, 0.4) is 0 Å². The number of hydrogen-bond donors (Lipinski definition) is 2. The Hall–Kier alpha value is -2.54. The summed E-state index contributed by atoms with van der Waals surface area (Å²) in [5, 5.41) is 2.73. The zero-order chi connectivity index (χ0) is 20.1. The van der Waals surface area contributed by atoms with Gasteiger partial charge in [0.15, 0.2) is 6.61 Å². The van der Waals surface area contributed by atoms with E-state index < -0.39 is 10.0 Å². The smallest absolute Gasteiger partial charge is 0.262 e. The van der Waals surface area contributed by atoms with Gasteiger partial charge in [0, 0.05) is 11.4 Å². The molecule has 0 aliphatic carbocycles. The van der Waals surface area contributed by atoms with Gasteiger partial charge in [0.1, 0.15) is 5.75 Å². The van der Waals surface area contributed by atoms with Gasteiger partial charge in [-0.3, -0.25) is 9.52 Å². The van der Waals surface area contributed by atoms with Gasteiger partial charge in [-0.05, 0) is 48.2 Å². The summed E-state index contributed by atoms with van der Waals surface area (Å²) in [4.78, 5) is 12.2. The normalized spacial score (nSPS) is 11.7. The second kappa shape index (κ2) is 8.43. The van der Waals surface area contributed by atoms with Crippen LogP contribution in [0.15, 0.2) is 48.5 Å². The van der Waals surface area contributed by atoms with Crippen molar-refractivity contribution in [2.24, 2.45) is 0 Å². The van der Waals surface area contributed by atoms with Gasteiger partial charge >= 0.3 is 0 Å². The van der Waals surface area contributed by atoms with Crippen LogP contribution in [-0.4, -0.2) is 26.7 Å². The van der Waals surface area contributed by atoms with Crippen molar-refractivity contribution in [3.8, 4) is 5.75 Å². The second-order valence-corrected chi connectivity index (χ2v) is 9.18. The Morgan fingerprint density at radius 1 is 1.00 bits per heavy atom. The van der Waals surface area contributed by atoms with Crippen LogP contribution in [0.4, 0.5) is 11.4 Å². The molecule has 0 aliphatic heterocycles. The summed E-state index contributed by atoms with van der Waals surface area (Å²) in [7, 11) is -3.32. The molecule has 2 aromatic rings. The molecule has 0 bridgehead atoms. The van der Waals surface area contributed by atoms with Gasteiger partial charge in [0.25, 0.3) is 5.91 Å². The number of sulfonamides is 1. The SMILES string of the molecule is CCS(=O)(=O)Nc1ccc(NC(=O)COc2ccccc2C(C)(C)C)cc1. The maximum absolute atomic E-state index is 12.2. The first-order valence-corrected chi connectivity index (χ1v) is 10.4. The molecular weight excluding hydrogens is 364 g/mol. The fourth-order valence-electron chi connectivity index (χ4n) is 2.43. The Kier molecular flexibility index (Phi) is 6.49. The molecule has 7 heteroatoms. The van der Waals surface area contributed by atoms with E-state index in [9.17, 15) is 13.2 Å². The lowest BCUT2D eigenvalue weighted by atomic mass is 9.86. The summed E-state index contributed by atoms with van der Waals surface area (Å²) < 4.78 is 31.3. The molecule has 146 valence electrons. The minimum atomic E-state index is -3.32. The maximum Gasteiger partial charge on any atom is 0.262 e. The predicted octanol–water partition coefficient (Wildman–Crippen LogP) is 3.76. The van der Waals surface area contributed by atoms with Gasteiger partial charge in [-0.2, -0.15) is 0 Å². The number of anilines is 2. The quantitative estimate of drug-likeness (QED) is 0.754. The first-order valence-electron chi connectivity index (χ1n) is 8.73. The second-order valence-electron chi connectivity index (χ2n) is 7.17. The van der Waals surface area contributed by atoms with Crippen molar-refractivity contribution in [1.29, 1.82) is 0 Å². The van der Waals surface area contributed by atoms with Crippen LogP contribution in [-0.2, 0) is 20.2 Å². The van der Waals surface area contributed by atoms with E-state index in [-0.39, 0.29) is 23.7 Å². The molecule has 0 aliphatic rings. The van der Waals surface area contributed by atoms with E-state index in [1.165, 1.54) is 0 Å².